The Morgan fingerprint density at radius 1 is 1.33 bits per heavy atom. The highest BCUT2D eigenvalue weighted by molar-refractivity contribution is 7.80. The molecule has 0 saturated heterocycles. The molecule has 18 heavy (non-hydrogen) atoms. The van der Waals surface area contributed by atoms with Crippen molar-refractivity contribution >= 4 is 18.5 Å². The van der Waals surface area contributed by atoms with Crippen molar-refractivity contribution < 1.29 is 4.79 Å². The highest BCUT2D eigenvalue weighted by Gasteiger charge is 2.37. The number of carbonyl (C=O) groups excluding carboxylic acids is 1. The first-order valence-electron chi connectivity index (χ1n) is 6.76. The Morgan fingerprint density at radius 2 is 2.06 bits per heavy atom. The van der Waals surface area contributed by atoms with Crippen LogP contribution in [0.1, 0.15) is 41.6 Å². The van der Waals surface area contributed by atoms with Crippen LogP contribution in [0, 0.1) is 12.8 Å². The molecule has 0 spiro atoms. The molecule has 0 unspecified atom stereocenters. The van der Waals surface area contributed by atoms with E-state index in [0.717, 1.165) is 28.5 Å². The minimum Gasteiger partial charge on any atom is -0.335 e. The van der Waals surface area contributed by atoms with Gasteiger partial charge in [-0.1, -0.05) is 6.07 Å². The van der Waals surface area contributed by atoms with Crippen molar-refractivity contribution in [1.29, 1.82) is 0 Å². The fourth-order valence-corrected chi connectivity index (χ4v) is 2.56. The summed E-state index contributed by atoms with van der Waals surface area (Å²) in [7, 11) is 0. The molecular weight excluding hydrogens is 242 g/mol. The summed E-state index contributed by atoms with van der Waals surface area (Å²) in [6.45, 7) is 2.96. The maximum absolute atomic E-state index is 12.7. The topological polar surface area (TPSA) is 20.3 Å². The van der Waals surface area contributed by atoms with Crippen molar-refractivity contribution in [2.75, 3.05) is 6.54 Å². The normalized spacial score (nSPS) is 18.8. The number of thiol groups is 1. The highest BCUT2D eigenvalue weighted by Crippen LogP contribution is 2.36. The van der Waals surface area contributed by atoms with Gasteiger partial charge >= 0.3 is 0 Å². The highest BCUT2D eigenvalue weighted by atomic mass is 32.1. The zero-order valence-corrected chi connectivity index (χ0v) is 11.6. The standard InChI is InChI=1S/C15H19NOS/c1-10-2-7-13(18)8-14(10)15(17)16(12-5-6-12)9-11-3-4-11/h2,7-8,11-12,18H,3-6,9H2,1H3. The molecule has 2 aliphatic rings. The minimum absolute atomic E-state index is 0.206. The van der Waals surface area contributed by atoms with E-state index < -0.39 is 0 Å². The molecular formula is C15H19NOS. The van der Waals surface area contributed by atoms with E-state index in [0.29, 0.717) is 6.04 Å². The van der Waals surface area contributed by atoms with Crippen LogP contribution in [0.15, 0.2) is 23.1 Å². The lowest BCUT2D eigenvalue weighted by Crippen LogP contribution is -2.35. The van der Waals surface area contributed by atoms with Gasteiger partial charge in [0.15, 0.2) is 0 Å². The maximum atomic E-state index is 12.7. The maximum Gasteiger partial charge on any atom is 0.254 e. The lowest BCUT2D eigenvalue weighted by molar-refractivity contribution is 0.0734. The predicted octanol–water partition coefficient (Wildman–Crippen LogP) is 3.30. The average Bonchev–Trinajstić information content (AvgIpc) is 3.21. The lowest BCUT2D eigenvalue weighted by atomic mass is 10.1. The van der Waals surface area contributed by atoms with Gasteiger partial charge in [0, 0.05) is 23.0 Å². The van der Waals surface area contributed by atoms with Crippen molar-refractivity contribution in [2.24, 2.45) is 5.92 Å². The van der Waals surface area contributed by atoms with Crippen molar-refractivity contribution in [3.05, 3.63) is 29.3 Å². The van der Waals surface area contributed by atoms with E-state index in [2.05, 4.69) is 17.5 Å². The Labute approximate surface area is 114 Å². The summed E-state index contributed by atoms with van der Waals surface area (Å²) in [5.74, 6) is 0.965. The first-order chi connectivity index (χ1) is 8.65. The molecule has 96 valence electrons. The number of amides is 1. The molecule has 0 aromatic heterocycles. The summed E-state index contributed by atoms with van der Waals surface area (Å²) in [6.07, 6.45) is 4.94. The molecule has 1 aromatic rings. The zero-order chi connectivity index (χ0) is 12.7. The smallest absolute Gasteiger partial charge is 0.254 e. The second-order valence-corrected chi connectivity index (χ2v) is 6.15. The van der Waals surface area contributed by atoms with E-state index in [9.17, 15) is 4.79 Å². The van der Waals surface area contributed by atoms with Gasteiger partial charge in [-0.2, -0.15) is 0 Å². The molecule has 2 nitrogen and oxygen atoms in total. The van der Waals surface area contributed by atoms with Crippen LogP contribution in [-0.2, 0) is 0 Å². The summed E-state index contributed by atoms with van der Waals surface area (Å²) in [5, 5.41) is 0. The Morgan fingerprint density at radius 3 is 2.67 bits per heavy atom. The summed E-state index contributed by atoms with van der Waals surface area (Å²) in [6, 6.07) is 6.33. The Bertz CT molecular complexity index is 477. The first kappa shape index (κ1) is 12.1. The van der Waals surface area contributed by atoms with E-state index in [4.69, 9.17) is 0 Å². The molecule has 0 heterocycles. The van der Waals surface area contributed by atoms with E-state index in [1.165, 1.54) is 25.7 Å². The Hall–Kier alpha value is -0.960. The molecule has 3 heteroatoms. The Kier molecular flexibility index (Phi) is 3.10. The third kappa shape index (κ3) is 2.56. The second kappa shape index (κ2) is 4.61. The minimum atomic E-state index is 0.206. The number of carbonyl (C=O) groups is 1. The molecule has 2 fully saturated rings. The Balaban J connectivity index is 1.83. The van der Waals surface area contributed by atoms with E-state index in [1.54, 1.807) is 0 Å². The third-order valence-corrected chi connectivity index (χ3v) is 4.13. The first-order valence-corrected chi connectivity index (χ1v) is 7.20. The molecule has 0 atom stereocenters. The number of hydrogen-bond acceptors (Lipinski definition) is 2. The van der Waals surface area contributed by atoms with Gasteiger partial charge in [-0.25, -0.2) is 0 Å². The molecule has 0 radical (unpaired) electrons. The number of rotatable bonds is 4. The number of hydrogen-bond donors (Lipinski definition) is 1. The van der Waals surface area contributed by atoms with Crippen molar-refractivity contribution in [1.82, 2.24) is 4.90 Å². The fourth-order valence-electron chi connectivity index (χ4n) is 2.36. The van der Waals surface area contributed by atoms with Gasteiger partial charge in [-0.05, 0) is 56.2 Å². The van der Waals surface area contributed by atoms with E-state index in [-0.39, 0.29) is 5.91 Å². The molecule has 1 aromatic carbocycles. The largest absolute Gasteiger partial charge is 0.335 e. The van der Waals surface area contributed by atoms with Crippen LogP contribution >= 0.6 is 12.6 Å². The number of benzene rings is 1. The summed E-state index contributed by atoms with van der Waals surface area (Å²) in [5.41, 5.74) is 1.88. The molecule has 2 saturated carbocycles. The predicted molar refractivity (Wildman–Crippen MR) is 75.2 cm³/mol. The molecule has 3 rings (SSSR count). The van der Waals surface area contributed by atoms with Gasteiger partial charge < -0.3 is 4.90 Å². The third-order valence-electron chi connectivity index (χ3n) is 3.85. The summed E-state index contributed by atoms with van der Waals surface area (Å²) < 4.78 is 0. The van der Waals surface area contributed by atoms with Crippen molar-refractivity contribution in [2.45, 2.75) is 43.5 Å². The van der Waals surface area contributed by atoms with Crippen LogP contribution in [-0.4, -0.2) is 23.4 Å². The zero-order valence-electron chi connectivity index (χ0n) is 10.7. The second-order valence-electron chi connectivity index (χ2n) is 5.63. The van der Waals surface area contributed by atoms with Gasteiger partial charge in [-0.3, -0.25) is 4.79 Å². The monoisotopic (exact) mass is 261 g/mol. The quantitative estimate of drug-likeness (QED) is 0.825. The number of aryl methyl sites for hydroxylation is 1. The average molecular weight is 261 g/mol. The van der Waals surface area contributed by atoms with Crippen LogP contribution in [0.25, 0.3) is 0 Å². The SMILES string of the molecule is Cc1ccc(S)cc1C(=O)N(CC1CC1)C1CC1. The molecule has 0 N–H and O–H groups in total. The van der Waals surface area contributed by atoms with E-state index in [1.807, 2.05) is 25.1 Å². The molecule has 0 bridgehead atoms. The lowest BCUT2D eigenvalue weighted by Gasteiger charge is -2.23. The van der Waals surface area contributed by atoms with Crippen molar-refractivity contribution in [3.63, 3.8) is 0 Å². The molecule has 0 aliphatic heterocycles. The molecule has 1 amide bonds. The van der Waals surface area contributed by atoms with E-state index >= 15 is 0 Å². The van der Waals surface area contributed by atoms with Gasteiger partial charge in [0.25, 0.3) is 5.91 Å². The van der Waals surface area contributed by atoms with Gasteiger partial charge in [0.1, 0.15) is 0 Å². The number of nitrogens with zero attached hydrogens (tertiary/aromatic N) is 1. The van der Waals surface area contributed by atoms with Gasteiger partial charge in [0.2, 0.25) is 0 Å². The van der Waals surface area contributed by atoms with Crippen LogP contribution in [0.5, 0.6) is 0 Å². The van der Waals surface area contributed by atoms with Crippen LogP contribution < -0.4 is 0 Å². The summed E-state index contributed by atoms with van der Waals surface area (Å²) >= 11 is 4.34. The van der Waals surface area contributed by atoms with Crippen LogP contribution in [0.4, 0.5) is 0 Å². The van der Waals surface area contributed by atoms with Gasteiger partial charge in [0.05, 0.1) is 0 Å². The van der Waals surface area contributed by atoms with Crippen LogP contribution in [0.3, 0.4) is 0 Å². The van der Waals surface area contributed by atoms with Crippen LogP contribution in [0.2, 0.25) is 0 Å². The van der Waals surface area contributed by atoms with Gasteiger partial charge in [-0.15, -0.1) is 12.6 Å². The summed E-state index contributed by atoms with van der Waals surface area (Å²) in [4.78, 5) is 15.6. The fraction of sp³-hybridized carbons (Fsp3) is 0.533. The van der Waals surface area contributed by atoms with Crippen molar-refractivity contribution in [3.8, 4) is 0 Å². The molecule has 2 aliphatic carbocycles.